The van der Waals surface area contributed by atoms with E-state index in [4.69, 9.17) is 26.1 Å². The predicted octanol–water partition coefficient (Wildman–Crippen LogP) is 2.92. The van der Waals surface area contributed by atoms with Crippen LogP contribution >= 0.6 is 11.6 Å². The van der Waals surface area contributed by atoms with Gasteiger partial charge in [0.05, 0.1) is 7.11 Å². The van der Waals surface area contributed by atoms with Gasteiger partial charge in [-0.3, -0.25) is 0 Å². The summed E-state index contributed by atoms with van der Waals surface area (Å²) in [6.45, 7) is 2.64. The number of ether oxygens (including phenoxy) is 2. The van der Waals surface area contributed by atoms with Crippen molar-refractivity contribution in [3.05, 3.63) is 35.0 Å². The van der Waals surface area contributed by atoms with E-state index in [1.165, 1.54) is 7.11 Å². The predicted molar refractivity (Wildman–Crippen MR) is 133 cm³/mol. The van der Waals surface area contributed by atoms with Crippen molar-refractivity contribution in [2.45, 2.75) is 44.8 Å². The number of hydrogen-bond acceptors (Lipinski definition) is 9. The monoisotopic (exact) mass is 494 g/mol. The number of aliphatic hydroxyl groups is 2. The van der Waals surface area contributed by atoms with Crippen molar-refractivity contribution in [2.75, 3.05) is 45.9 Å². The van der Waals surface area contributed by atoms with Crippen molar-refractivity contribution in [3.8, 4) is 17.1 Å². The summed E-state index contributed by atoms with van der Waals surface area (Å²) in [4.78, 5) is 23.4. The number of unbranched alkanes of at least 4 members (excludes halogenated alkanes) is 1. The molecular weight excluding hydrogens is 460 g/mol. The summed E-state index contributed by atoms with van der Waals surface area (Å²) in [7, 11) is 4.93. The number of methoxy groups -OCH3 is 1. The average molecular weight is 495 g/mol. The Labute approximate surface area is 206 Å². The van der Waals surface area contributed by atoms with Crippen LogP contribution in [0.25, 0.3) is 11.4 Å². The molecule has 0 aliphatic rings. The second-order valence-corrected chi connectivity index (χ2v) is 8.48. The Morgan fingerprint density at radius 3 is 2.65 bits per heavy atom. The SMILES string of the molecule is CCCCC(CCO)N(C)c1cc(C(=O)OC)nc(-c2cc(Cl)cc(OCC(O)CNC)c2)n1. The first-order valence-electron chi connectivity index (χ1n) is 11.4. The van der Waals surface area contributed by atoms with Gasteiger partial charge in [0, 0.05) is 42.9 Å². The number of carbonyl (C=O) groups is 1. The molecule has 0 radical (unpaired) electrons. The van der Waals surface area contributed by atoms with Gasteiger partial charge in [-0.15, -0.1) is 0 Å². The second-order valence-electron chi connectivity index (χ2n) is 8.04. The topological polar surface area (TPSA) is 117 Å². The van der Waals surface area contributed by atoms with Gasteiger partial charge in [0.2, 0.25) is 0 Å². The summed E-state index contributed by atoms with van der Waals surface area (Å²) in [6.07, 6.45) is 2.81. The lowest BCUT2D eigenvalue weighted by molar-refractivity contribution is 0.0594. The Morgan fingerprint density at radius 1 is 1.24 bits per heavy atom. The summed E-state index contributed by atoms with van der Waals surface area (Å²) >= 11 is 6.32. The molecule has 0 bridgehead atoms. The van der Waals surface area contributed by atoms with Crippen molar-refractivity contribution >= 4 is 23.4 Å². The highest BCUT2D eigenvalue weighted by molar-refractivity contribution is 6.31. The van der Waals surface area contributed by atoms with E-state index in [-0.39, 0.29) is 30.8 Å². The standard InChI is InChI=1S/C24H35ClN4O5/c1-5-6-7-18(8-9-30)29(3)22-13-21(24(32)33-4)27-23(28-22)16-10-17(25)12-20(11-16)34-15-19(31)14-26-2/h10-13,18-19,26,30-31H,5-9,14-15H2,1-4H3. The Hall–Kier alpha value is -2.46. The molecule has 2 atom stereocenters. The van der Waals surface area contributed by atoms with Gasteiger partial charge in [0.25, 0.3) is 0 Å². The lowest BCUT2D eigenvalue weighted by atomic mass is 10.1. The van der Waals surface area contributed by atoms with E-state index >= 15 is 0 Å². The summed E-state index contributed by atoms with van der Waals surface area (Å²) < 4.78 is 10.6. The summed E-state index contributed by atoms with van der Waals surface area (Å²) in [5, 5.41) is 22.8. The first-order chi connectivity index (χ1) is 16.3. The van der Waals surface area contributed by atoms with Gasteiger partial charge in [0.1, 0.15) is 24.3 Å². The number of halogens is 1. The fourth-order valence-electron chi connectivity index (χ4n) is 3.52. The van der Waals surface area contributed by atoms with E-state index in [1.807, 2.05) is 11.9 Å². The highest BCUT2D eigenvalue weighted by Crippen LogP contribution is 2.29. The maximum absolute atomic E-state index is 12.4. The van der Waals surface area contributed by atoms with Gasteiger partial charge >= 0.3 is 5.97 Å². The van der Waals surface area contributed by atoms with Gasteiger partial charge in [0.15, 0.2) is 11.5 Å². The van der Waals surface area contributed by atoms with Crippen molar-refractivity contribution < 1.29 is 24.5 Å². The van der Waals surface area contributed by atoms with Gasteiger partial charge < -0.3 is 29.9 Å². The van der Waals surface area contributed by atoms with Crippen molar-refractivity contribution in [2.24, 2.45) is 0 Å². The zero-order chi connectivity index (χ0) is 25.1. The minimum Gasteiger partial charge on any atom is -0.491 e. The second kappa shape index (κ2) is 14.1. The van der Waals surface area contributed by atoms with E-state index < -0.39 is 12.1 Å². The third kappa shape index (κ3) is 8.09. The molecule has 0 aliphatic carbocycles. The maximum Gasteiger partial charge on any atom is 0.356 e. The van der Waals surface area contributed by atoms with Crippen LogP contribution in [0.4, 0.5) is 5.82 Å². The molecule has 0 fully saturated rings. The lowest BCUT2D eigenvalue weighted by Crippen LogP contribution is -2.33. The van der Waals surface area contributed by atoms with E-state index in [0.29, 0.717) is 35.1 Å². The highest BCUT2D eigenvalue weighted by Gasteiger charge is 2.21. The molecule has 2 aromatic rings. The van der Waals surface area contributed by atoms with Crippen LogP contribution in [0, 0.1) is 0 Å². The number of hydrogen-bond donors (Lipinski definition) is 3. The minimum atomic E-state index is -0.682. The lowest BCUT2D eigenvalue weighted by Gasteiger charge is -2.29. The molecular formula is C24H35ClN4O5. The third-order valence-corrected chi connectivity index (χ3v) is 5.60. The number of nitrogens with zero attached hydrogens (tertiary/aromatic N) is 3. The summed E-state index contributed by atoms with van der Waals surface area (Å²) in [5.74, 6) is 0.679. The van der Waals surface area contributed by atoms with E-state index in [2.05, 4.69) is 17.2 Å². The summed E-state index contributed by atoms with van der Waals surface area (Å²) in [5.41, 5.74) is 0.665. The van der Waals surface area contributed by atoms with Gasteiger partial charge in [-0.1, -0.05) is 31.4 Å². The number of likely N-dealkylation sites (N-methyl/N-ethyl adjacent to an activating group) is 1. The molecule has 0 amide bonds. The Kier molecular flexibility index (Phi) is 11.5. The number of nitrogens with one attached hydrogen (secondary N) is 1. The Balaban J connectivity index is 2.45. The van der Waals surface area contributed by atoms with Crippen molar-refractivity contribution in [3.63, 3.8) is 0 Å². The molecule has 0 spiro atoms. The molecule has 2 rings (SSSR count). The van der Waals surface area contributed by atoms with Crippen molar-refractivity contribution in [1.82, 2.24) is 15.3 Å². The molecule has 10 heteroatoms. The van der Waals surface area contributed by atoms with E-state index in [1.54, 1.807) is 31.3 Å². The Bertz CT molecular complexity index is 930. The number of carbonyl (C=O) groups excluding carboxylic acids is 1. The van der Waals surface area contributed by atoms with E-state index in [9.17, 15) is 15.0 Å². The quantitative estimate of drug-likeness (QED) is 0.341. The molecule has 0 aliphatic heterocycles. The largest absolute Gasteiger partial charge is 0.491 e. The molecule has 2 unspecified atom stereocenters. The molecule has 0 saturated heterocycles. The first kappa shape index (κ1) is 27.8. The molecule has 34 heavy (non-hydrogen) atoms. The zero-order valence-electron chi connectivity index (χ0n) is 20.3. The smallest absolute Gasteiger partial charge is 0.356 e. The van der Waals surface area contributed by atoms with Gasteiger partial charge in [-0.25, -0.2) is 14.8 Å². The van der Waals surface area contributed by atoms with Crippen LogP contribution in [-0.2, 0) is 4.74 Å². The van der Waals surface area contributed by atoms with Crippen LogP contribution < -0.4 is 15.0 Å². The number of aliphatic hydroxyl groups excluding tert-OH is 2. The molecule has 0 saturated carbocycles. The number of anilines is 1. The molecule has 9 nitrogen and oxygen atoms in total. The van der Waals surface area contributed by atoms with Crippen molar-refractivity contribution in [1.29, 1.82) is 0 Å². The summed E-state index contributed by atoms with van der Waals surface area (Å²) in [6, 6.07) is 6.66. The third-order valence-electron chi connectivity index (χ3n) is 5.38. The highest BCUT2D eigenvalue weighted by atomic mass is 35.5. The molecule has 1 heterocycles. The maximum atomic E-state index is 12.4. The fourth-order valence-corrected chi connectivity index (χ4v) is 3.75. The molecule has 1 aromatic heterocycles. The fraction of sp³-hybridized carbons (Fsp3) is 0.542. The number of benzene rings is 1. The van der Waals surface area contributed by atoms with Crippen LogP contribution in [0.5, 0.6) is 5.75 Å². The average Bonchev–Trinajstić information content (AvgIpc) is 2.84. The molecule has 188 valence electrons. The van der Waals surface area contributed by atoms with Crippen LogP contribution in [-0.4, -0.2) is 79.3 Å². The van der Waals surface area contributed by atoms with Crippen LogP contribution in [0.1, 0.15) is 43.1 Å². The molecule has 1 aromatic carbocycles. The van der Waals surface area contributed by atoms with Crippen LogP contribution in [0.15, 0.2) is 24.3 Å². The number of esters is 1. The zero-order valence-corrected chi connectivity index (χ0v) is 21.0. The number of rotatable bonds is 14. The molecule has 3 N–H and O–H groups in total. The van der Waals surface area contributed by atoms with Gasteiger partial charge in [-0.2, -0.15) is 0 Å². The van der Waals surface area contributed by atoms with E-state index in [0.717, 1.165) is 19.3 Å². The first-order valence-corrected chi connectivity index (χ1v) is 11.8. The number of aromatic nitrogens is 2. The minimum absolute atomic E-state index is 0.0464. The van der Waals surface area contributed by atoms with Gasteiger partial charge in [-0.05, 0) is 38.1 Å². The Morgan fingerprint density at radius 2 is 2.00 bits per heavy atom. The van der Waals surface area contributed by atoms with Crippen LogP contribution in [0.2, 0.25) is 5.02 Å². The van der Waals surface area contributed by atoms with Crippen LogP contribution in [0.3, 0.4) is 0 Å². The normalized spacial score (nSPS) is 12.8.